The molecule has 0 radical (unpaired) electrons. The SMILES string of the molecule is CCc1cc(Nc2ncc(Cl)c(Nc3ccccc3P(C)(C)=O)n2)c(OC)nc1N1CCC(N2CCN(CCCCOc3cccc4c3CN(C3CCC(=O)NC3=O)C4=O)CC2)CC1. The van der Waals surface area contributed by atoms with Gasteiger partial charge < -0.3 is 39.4 Å². The molecular formula is C46H58ClN10O6P. The van der Waals surface area contributed by atoms with Crippen LogP contribution in [-0.2, 0) is 27.1 Å². The van der Waals surface area contributed by atoms with E-state index in [2.05, 4.69) is 53.6 Å². The number of nitrogens with one attached hydrogen (secondary N) is 3. The quantitative estimate of drug-likeness (QED) is 0.0675. The number of aryl methyl sites for hydroxylation is 1. The monoisotopic (exact) mass is 912 g/mol. The number of halogens is 1. The number of ether oxygens (including phenoxy) is 2. The summed E-state index contributed by atoms with van der Waals surface area (Å²) in [6.45, 7) is 13.5. The number of carbonyl (C=O) groups is 3. The van der Waals surface area contributed by atoms with E-state index in [0.29, 0.717) is 76.3 Å². The maximum absolute atomic E-state index is 13.2. The molecule has 1 atom stereocenters. The molecule has 4 aliphatic rings. The van der Waals surface area contributed by atoms with Crippen molar-refractivity contribution < 1.29 is 28.4 Å². The van der Waals surface area contributed by atoms with Gasteiger partial charge in [0.05, 0.1) is 32.1 Å². The molecular weight excluding hydrogens is 855 g/mol. The van der Waals surface area contributed by atoms with Crippen molar-refractivity contribution in [3.63, 3.8) is 0 Å². The zero-order valence-electron chi connectivity index (χ0n) is 37.1. The standard InChI is InChI=1S/C46H58ClN10O6P/c1-5-30-27-36(50-46-48-28-34(47)41(52-46)49-35-12-6-7-14-39(35)64(3,4)61)44(62-2)53-42(30)56-20-17-31(18-21-56)55-24-22-54(23-25-55)19-8-9-26-63-38-13-10-11-32-33(38)29-57(45(32)60)37-15-16-40(58)51-43(37)59/h6-7,10-14,27-28,31,37H,5,8-9,15-26,29H2,1-4H3,(H,51,58,59)(H2,48,49,50,52). The van der Waals surface area contributed by atoms with Crippen LogP contribution in [0.3, 0.4) is 0 Å². The molecule has 64 heavy (non-hydrogen) atoms. The first-order chi connectivity index (χ1) is 30.9. The molecule has 3 N–H and O–H groups in total. The lowest BCUT2D eigenvalue weighted by molar-refractivity contribution is -0.136. The summed E-state index contributed by atoms with van der Waals surface area (Å²) < 4.78 is 25.0. The number of fused-ring (bicyclic) bond motifs is 1. The van der Waals surface area contributed by atoms with Gasteiger partial charge in [-0.05, 0) is 94.3 Å². The third kappa shape index (κ3) is 10.1. The Morgan fingerprint density at radius 3 is 2.44 bits per heavy atom. The molecule has 6 heterocycles. The largest absolute Gasteiger partial charge is 0.493 e. The van der Waals surface area contributed by atoms with E-state index < -0.39 is 19.1 Å². The molecule has 0 spiro atoms. The highest BCUT2D eigenvalue weighted by atomic mass is 35.5. The summed E-state index contributed by atoms with van der Waals surface area (Å²) >= 11 is 6.52. The summed E-state index contributed by atoms with van der Waals surface area (Å²) in [5, 5.41) is 9.97. The number of imide groups is 1. The minimum atomic E-state index is -2.56. The molecule has 2 aromatic carbocycles. The minimum absolute atomic E-state index is 0.190. The van der Waals surface area contributed by atoms with E-state index in [9.17, 15) is 18.9 Å². The predicted octanol–water partition coefficient (Wildman–Crippen LogP) is 6.04. The number of carbonyl (C=O) groups excluding carboxylic acids is 3. The van der Waals surface area contributed by atoms with Crippen LogP contribution >= 0.6 is 18.7 Å². The Morgan fingerprint density at radius 2 is 1.70 bits per heavy atom. The maximum atomic E-state index is 13.2. The number of anilines is 5. The molecule has 4 aliphatic heterocycles. The fourth-order valence-electron chi connectivity index (χ4n) is 9.23. The van der Waals surface area contributed by atoms with E-state index in [1.54, 1.807) is 31.4 Å². The third-order valence-electron chi connectivity index (χ3n) is 12.7. The Kier molecular flexibility index (Phi) is 14.0. The number of piperazine rings is 1. The Balaban J connectivity index is 0.789. The first-order valence-corrected chi connectivity index (χ1v) is 25.3. The molecule has 0 saturated carbocycles. The Labute approximate surface area is 379 Å². The summed E-state index contributed by atoms with van der Waals surface area (Å²) in [6.07, 6.45) is 6.92. The molecule has 0 bridgehead atoms. The fourth-order valence-corrected chi connectivity index (χ4v) is 10.5. The average molecular weight is 913 g/mol. The first-order valence-electron chi connectivity index (χ1n) is 22.3. The van der Waals surface area contributed by atoms with Crippen molar-refractivity contribution in [3.8, 4) is 11.6 Å². The van der Waals surface area contributed by atoms with Gasteiger partial charge in [-0.1, -0.05) is 36.7 Å². The molecule has 18 heteroatoms. The molecule has 2 aromatic heterocycles. The van der Waals surface area contributed by atoms with Crippen LogP contribution < -0.4 is 35.6 Å². The second kappa shape index (κ2) is 19.9. The number of pyridine rings is 1. The molecule has 340 valence electrons. The molecule has 0 aliphatic carbocycles. The Bertz CT molecular complexity index is 2420. The molecule has 3 fully saturated rings. The van der Waals surface area contributed by atoms with Gasteiger partial charge >= 0.3 is 0 Å². The van der Waals surface area contributed by atoms with Gasteiger partial charge in [0.1, 0.15) is 35.5 Å². The van der Waals surface area contributed by atoms with Crippen LogP contribution in [0.5, 0.6) is 11.6 Å². The van der Waals surface area contributed by atoms with E-state index in [0.717, 1.165) is 94.9 Å². The van der Waals surface area contributed by atoms with E-state index >= 15 is 0 Å². The fraction of sp³-hybridized carbons (Fsp3) is 0.478. The number of aromatic nitrogens is 3. The van der Waals surface area contributed by atoms with E-state index in [4.69, 9.17) is 26.1 Å². The zero-order chi connectivity index (χ0) is 45.0. The van der Waals surface area contributed by atoms with Gasteiger partial charge in [0.25, 0.3) is 5.91 Å². The Hall–Kier alpha value is -5.28. The smallest absolute Gasteiger partial charge is 0.255 e. The van der Waals surface area contributed by atoms with Crippen LogP contribution in [0.4, 0.5) is 29.0 Å². The zero-order valence-corrected chi connectivity index (χ0v) is 38.7. The second-order valence-corrected chi connectivity index (χ2v) is 20.8. The van der Waals surface area contributed by atoms with Crippen LogP contribution in [-0.4, -0.2) is 132 Å². The Morgan fingerprint density at radius 1 is 0.922 bits per heavy atom. The van der Waals surface area contributed by atoms with Gasteiger partial charge in [-0.25, -0.2) is 4.98 Å². The number of para-hydroxylation sites is 1. The van der Waals surface area contributed by atoms with Crippen molar-refractivity contribution in [2.75, 3.05) is 88.4 Å². The number of hydrogen-bond acceptors (Lipinski definition) is 14. The average Bonchev–Trinajstić information content (AvgIpc) is 3.63. The molecule has 4 aromatic rings. The van der Waals surface area contributed by atoms with Crippen LogP contribution in [0.2, 0.25) is 5.02 Å². The van der Waals surface area contributed by atoms with Gasteiger partial charge in [0, 0.05) is 68.2 Å². The van der Waals surface area contributed by atoms with Gasteiger partial charge in [0.15, 0.2) is 5.82 Å². The van der Waals surface area contributed by atoms with Crippen LogP contribution in [0.1, 0.15) is 66.9 Å². The van der Waals surface area contributed by atoms with E-state index in [-0.39, 0.29) is 18.2 Å². The highest BCUT2D eigenvalue weighted by Crippen LogP contribution is 2.39. The van der Waals surface area contributed by atoms with Crippen molar-refractivity contribution in [1.29, 1.82) is 0 Å². The number of hydrogen-bond donors (Lipinski definition) is 3. The minimum Gasteiger partial charge on any atom is -0.493 e. The van der Waals surface area contributed by atoms with Gasteiger partial charge in [-0.2, -0.15) is 9.97 Å². The highest BCUT2D eigenvalue weighted by molar-refractivity contribution is 7.70. The number of methoxy groups -OCH3 is 1. The van der Waals surface area contributed by atoms with Crippen molar-refractivity contribution >= 4 is 70.7 Å². The summed E-state index contributed by atoms with van der Waals surface area (Å²) in [5.74, 6) is 1.89. The van der Waals surface area contributed by atoms with Crippen LogP contribution in [0, 0.1) is 0 Å². The lowest BCUT2D eigenvalue weighted by atomic mass is 10.0. The number of piperidine rings is 2. The molecule has 3 amide bonds. The van der Waals surface area contributed by atoms with Crippen molar-refractivity contribution in [2.24, 2.45) is 0 Å². The molecule has 1 unspecified atom stereocenters. The lowest BCUT2D eigenvalue weighted by Gasteiger charge is -2.43. The second-order valence-electron chi connectivity index (χ2n) is 17.2. The summed E-state index contributed by atoms with van der Waals surface area (Å²) in [4.78, 5) is 60.6. The van der Waals surface area contributed by atoms with E-state index in [1.165, 1.54) is 6.20 Å². The van der Waals surface area contributed by atoms with Crippen LogP contribution in [0.25, 0.3) is 0 Å². The first kappa shape index (κ1) is 45.3. The number of unbranched alkanes of at least 4 members (excludes halogenated alkanes) is 1. The van der Waals surface area contributed by atoms with Crippen molar-refractivity contribution in [1.82, 2.24) is 35.0 Å². The molecule has 16 nitrogen and oxygen atoms in total. The number of amides is 3. The maximum Gasteiger partial charge on any atom is 0.255 e. The van der Waals surface area contributed by atoms with Crippen molar-refractivity contribution in [2.45, 2.75) is 70.5 Å². The number of benzene rings is 2. The summed E-state index contributed by atoms with van der Waals surface area (Å²) in [7, 11) is -0.949. The van der Waals surface area contributed by atoms with Gasteiger partial charge in [-0.15, -0.1) is 0 Å². The predicted molar refractivity (Wildman–Crippen MR) is 250 cm³/mol. The normalized spacial score (nSPS) is 18.8. The van der Waals surface area contributed by atoms with Crippen molar-refractivity contribution in [3.05, 3.63) is 76.4 Å². The van der Waals surface area contributed by atoms with E-state index in [1.807, 2.05) is 36.4 Å². The molecule has 3 saturated heterocycles. The summed E-state index contributed by atoms with van der Waals surface area (Å²) in [6, 6.07) is 14.9. The number of rotatable bonds is 16. The lowest BCUT2D eigenvalue weighted by Crippen LogP contribution is -2.53. The highest BCUT2D eigenvalue weighted by Gasteiger charge is 2.40. The van der Waals surface area contributed by atoms with Gasteiger partial charge in [0.2, 0.25) is 23.6 Å². The summed E-state index contributed by atoms with van der Waals surface area (Å²) in [5.41, 5.74) is 3.81. The molecule has 8 rings (SSSR count). The third-order valence-corrected chi connectivity index (χ3v) is 14.5. The number of nitrogens with zero attached hydrogens (tertiary/aromatic N) is 7. The van der Waals surface area contributed by atoms with Crippen LogP contribution in [0.15, 0.2) is 54.7 Å². The topological polar surface area (TPSA) is 174 Å². The van der Waals surface area contributed by atoms with Gasteiger partial charge in [-0.3, -0.25) is 24.6 Å².